The van der Waals surface area contributed by atoms with E-state index >= 15 is 0 Å². The smallest absolute Gasteiger partial charge is 0.404 e. The van der Waals surface area contributed by atoms with Crippen LogP contribution >= 0.6 is 12.2 Å². The molecule has 0 aromatic carbocycles. The molecule has 0 bridgehead atoms. The van der Waals surface area contributed by atoms with Crippen molar-refractivity contribution in [3.05, 3.63) is 0 Å². The maximum atomic E-state index is 9.92. The van der Waals surface area contributed by atoms with Gasteiger partial charge in [0.2, 0.25) is 0 Å². The Morgan fingerprint density at radius 3 is 2.91 bits per heavy atom. The van der Waals surface area contributed by atoms with E-state index in [9.17, 15) is 4.79 Å². The van der Waals surface area contributed by atoms with Gasteiger partial charge in [-0.3, -0.25) is 0 Å². The zero-order chi connectivity index (χ0) is 8.53. The number of aliphatic imine (C=N–C) groups is 1. The lowest BCUT2D eigenvalue weighted by Gasteiger charge is -1.97. The van der Waals surface area contributed by atoms with Crippen molar-refractivity contribution in [3.63, 3.8) is 0 Å². The first-order valence-corrected chi connectivity index (χ1v) is 3.68. The second-order valence-electron chi connectivity index (χ2n) is 1.91. The summed E-state index contributed by atoms with van der Waals surface area (Å²) in [7, 11) is 0. The Labute approximate surface area is 70.3 Å². The van der Waals surface area contributed by atoms with Crippen LogP contribution < -0.4 is 5.32 Å². The van der Waals surface area contributed by atoms with E-state index in [-0.39, 0.29) is 0 Å². The molecule has 0 aromatic rings. The summed E-state index contributed by atoms with van der Waals surface area (Å²) in [6.07, 6.45) is 0.639. The molecule has 0 rings (SSSR count). The van der Waals surface area contributed by atoms with Crippen LogP contribution in [0, 0.1) is 0 Å². The summed E-state index contributed by atoms with van der Waals surface area (Å²) < 4.78 is 0. The first-order chi connectivity index (χ1) is 5.27. The van der Waals surface area contributed by atoms with E-state index in [0.717, 1.165) is 12.8 Å². The normalized spacial score (nSPS) is 8.36. The van der Waals surface area contributed by atoms with Crippen molar-refractivity contribution in [2.75, 3.05) is 13.1 Å². The van der Waals surface area contributed by atoms with Crippen LogP contribution in [0.1, 0.15) is 12.8 Å². The van der Waals surface area contributed by atoms with Crippen LogP contribution in [0.3, 0.4) is 0 Å². The van der Waals surface area contributed by atoms with Crippen LogP contribution in [0.25, 0.3) is 0 Å². The summed E-state index contributed by atoms with van der Waals surface area (Å²) in [5.41, 5.74) is 0. The highest BCUT2D eigenvalue weighted by atomic mass is 32.1. The van der Waals surface area contributed by atoms with Crippen molar-refractivity contribution >= 4 is 23.5 Å². The maximum absolute atomic E-state index is 9.92. The number of unbranched alkanes of at least 4 members (excludes halogenated alkanes) is 1. The van der Waals surface area contributed by atoms with E-state index in [2.05, 4.69) is 27.7 Å². The minimum atomic E-state index is -0.983. The van der Waals surface area contributed by atoms with Crippen molar-refractivity contribution in [1.29, 1.82) is 0 Å². The highest BCUT2D eigenvalue weighted by Crippen LogP contribution is 1.86. The third-order valence-electron chi connectivity index (χ3n) is 1.04. The Bertz CT molecular complexity index is 162. The second-order valence-corrected chi connectivity index (χ2v) is 2.09. The fourth-order valence-corrected chi connectivity index (χ4v) is 0.648. The average Bonchev–Trinajstić information content (AvgIpc) is 1.96. The average molecular weight is 174 g/mol. The number of rotatable bonds is 5. The van der Waals surface area contributed by atoms with Crippen LogP contribution in [0.15, 0.2) is 4.99 Å². The summed E-state index contributed by atoms with van der Waals surface area (Å²) in [6, 6.07) is 0. The largest absolute Gasteiger partial charge is 0.465 e. The monoisotopic (exact) mass is 174 g/mol. The lowest BCUT2D eigenvalue weighted by molar-refractivity contribution is 0.194. The van der Waals surface area contributed by atoms with Gasteiger partial charge >= 0.3 is 6.09 Å². The number of thiocarbonyl (C=S) groups is 1. The lowest BCUT2D eigenvalue weighted by Crippen LogP contribution is -2.21. The predicted molar refractivity (Wildman–Crippen MR) is 45.2 cm³/mol. The van der Waals surface area contributed by atoms with E-state index in [0.29, 0.717) is 13.1 Å². The van der Waals surface area contributed by atoms with Gasteiger partial charge in [-0.2, -0.15) is 0 Å². The second kappa shape index (κ2) is 7.18. The number of nitrogens with zero attached hydrogens (tertiary/aromatic N) is 1. The first-order valence-electron chi connectivity index (χ1n) is 3.28. The molecule has 0 spiro atoms. The fraction of sp³-hybridized carbons (Fsp3) is 0.667. The molecule has 1 amide bonds. The van der Waals surface area contributed by atoms with E-state index in [1.54, 1.807) is 0 Å². The highest BCUT2D eigenvalue weighted by molar-refractivity contribution is 7.78. The molecule has 5 heteroatoms. The Kier molecular flexibility index (Phi) is 6.57. The molecule has 0 aromatic heterocycles. The molecule has 4 nitrogen and oxygen atoms in total. The lowest BCUT2D eigenvalue weighted by atomic mass is 10.3. The molecular weight excluding hydrogens is 164 g/mol. The molecule has 62 valence electrons. The van der Waals surface area contributed by atoms with Gasteiger partial charge in [-0.05, 0) is 25.1 Å². The van der Waals surface area contributed by atoms with Crippen molar-refractivity contribution < 1.29 is 9.90 Å². The SMILES string of the molecule is O=C(O)NCCCCN=C=S. The topological polar surface area (TPSA) is 61.7 Å². The molecule has 2 N–H and O–H groups in total. The molecule has 0 radical (unpaired) electrons. The van der Waals surface area contributed by atoms with Crippen LogP contribution in [0.2, 0.25) is 0 Å². The summed E-state index contributed by atoms with van der Waals surface area (Å²) in [6.45, 7) is 1.10. The summed E-state index contributed by atoms with van der Waals surface area (Å²) in [4.78, 5) is 13.6. The van der Waals surface area contributed by atoms with E-state index < -0.39 is 6.09 Å². The Hall–Kier alpha value is -0.930. The molecular formula is C6H10N2O2S. The number of nitrogens with one attached hydrogen (secondary N) is 1. The van der Waals surface area contributed by atoms with Crippen LogP contribution in [-0.2, 0) is 0 Å². The number of carboxylic acid groups (broad SMARTS) is 1. The standard InChI is InChI=1S/C6H10N2O2S/c9-6(10)8-4-2-1-3-7-5-11/h8H,1-4H2,(H,9,10). The fourth-order valence-electron chi connectivity index (χ4n) is 0.557. The number of hydrogen-bond donors (Lipinski definition) is 2. The molecule has 0 aliphatic heterocycles. The van der Waals surface area contributed by atoms with Crippen molar-refractivity contribution in [1.82, 2.24) is 5.32 Å². The van der Waals surface area contributed by atoms with Gasteiger partial charge in [0.15, 0.2) is 0 Å². The molecule has 0 saturated carbocycles. The molecule has 0 unspecified atom stereocenters. The number of isothiocyanates is 1. The van der Waals surface area contributed by atoms with Gasteiger partial charge in [0, 0.05) is 13.1 Å². The first kappa shape index (κ1) is 10.1. The molecule has 0 heterocycles. The van der Waals surface area contributed by atoms with Crippen LogP contribution in [-0.4, -0.2) is 29.5 Å². The minimum absolute atomic E-state index is 0.474. The maximum Gasteiger partial charge on any atom is 0.404 e. The highest BCUT2D eigenvalue weighted by Gasteiger charge is 1.91. The molecule has 11 heavy (non-hydrogen) atoms. The van der Waals surface area contributed by atoms with Crippen LogP contribution in [0.4, 0.5) is 4.79 Å². The number of carbonyl (C=O) groups is 1. The number of hydrogen-bond acceptors (Lipinski definition) is 3. The molecule has 0 fully saturated rings. The van der Waals surface area contributed by atoms with Gasteiger partial charge in [0.05, 0.1) is 5.16 Å². The summed E-state index contributed by atoms with van der Waals surface area (Å²) in [5, 5.41) is 12.6. The van der Waals surface area contributed by atoms with E-state index in [1.165, 1.54) is 0 Å². The van der Waals surface area contributed by atoms with Crippen molar-refractivity contribution in [2.45, 2.75) is 12.8 Å². The van der Waals surface area contributed by atoms with Crippen molar-refractivity contribution in [2.24, 2.45) is 4.99 Å². The molecule has 0 atom stereocenters. The van der Waals surface area contributed by atoms with Gasteiger partial charge < -0.3 is 10.4 Å². The third-order valence-corrected chi connectivity index (χ3v) is 1.17. The number of amides is 1. The zero-order valence-corrected chi connectivity index (χ0v) is 6.86. The quantitative estimate of drug-likeness (QED) is 0.373. The minimum Gasteiger partial charge on any atom is -0.465 e. The van der Waals surface area contributed by atoms with Gasteiger partial charge in [0.25, 0.3) is 0 Å². The molecule has 0 aliphatic carbocycles. The Morgan fingerprint density at radius 2 is 2.36 bits per heavy atom. The molecule has 0 saturated heterocycles. The Balaban J connectivity index is 3.02. The van der Waals surface area contributed by atoms with Gasteiger partial charge in [0.1, 0.15) is 0 Å². The van der Waals surface area contributed by atoms with Gasteiger partial charge in [-0.1, -0.05) is 0 Å². The van der Waals surface area contributed by atoms with E-state index in [4.69, 9.17) is 5.11 Å². The van der Waals surface area contributed by atoms with Gasteiger partial charge in [-0.25, -0.2) is 9.79 Å². The van der Waals surface area contributed by atoms with Crippen molar-refractivity contribution in [3.8, 4) is 0 Å². The summed E-state index contributed by atoms with van der Waals surface area (Å²) in [5.74, 6) is 0. The predicted octanol–water partition coefficient (Wildman–Crippen LogP) is 1.14. The Morgan fingerprint density at radius 1 is 1.64 bits per heavy atom. The van der Waals surface area contributed by atoms with E-state index in [1.807, 2.05) is 0 Å². The zero-order valence-electron chi connectivity index (χ0n) is 6.04. The third kappa shape index (κ3) is 9.07. The van der Waals surface area contributed by atoms with Gasteiger partial charge in [-0.15, -0.1) is 0 Å². The van der Waals surface area contributed by atoms with Crippen LogP contribution in [0.5, 0.6) is 0 Å². The summed E-state index contributed by atoms with van der Waals surface area (Å²) >= 11 is 4.35. The molecule has 0 aliphatic rings.